The molecule has 0 aromatic carbocycles. The number of hydrogen-bond acceptors (Lipinski definition) is 2. The lowest BCUT2D eigenvalue weighted by molar-refractivity contribution is -0.153. The topological polar surface area (TPSA) is 21.3 Å². The third-order valence-corrected chi connectivity index (χ3v) is 7.09. The van der Waals surface area contributed by atoms with Gasteiger partial charge in [0, 0.05) is 24.1 Å². The summed E-state index contributed by atoms with van der Waals surface area (Å²) in [5.41, 5.74) is 0.510. The Morgan fingerprint density at radius 3 is 2.55 bits per heavy atom. The predicted octanol–water partition coefficient (Wildman–Crippen LogP) is 3.89. The van der Waals surface area contributed by atoms with Crippen molar-refractivity contribution in [3.63, 3.8) is 0 Å². The minimum atomic E-state index is 0.510. The third kappa shape index (κ3) is 2.06. The molecular weight excluding hydrogens is 246 g/mol. The maximum Gasteiger partial charge on any atom is 0.0661 e. The van der Waals surface area contributed by atoms with Crippen LogP contribution >= 0.6 is 0 Å². The molecule has 5 unspecified atom stereocenters. The van der Waals surface area contributed by atoms with Crippen molar-refractivity contribution in [2.24, 2.45) is 17.3 Å². The van der Waals surface area contributed by atoms with Gasteiger partial charge < -0.3 is 10.1 Å². The largest absolute Gasteiger partial charge is 0.378 e. The SMILES string of the molecule is CCOC1CC(NC2CC3CCC2C3)C12CCCCC2. The molecule has 20 heavy (non-hydrogen) atoms. The van der Waals surface area contributed by atoms with E-state index in [1.807, 2.05) is 0 Å². The standard InChI is InChI=1S/C18H31NO/c1-2-20-17-12-16(18(17)8-4-3-5-9-18)19-15-11-13-6-7-14(15)10-13/h13-17,19H,2-12H2,1H3. The molecule has 0 saturated heterocycles. The van der Waals surface area contributed by atoms with Crippen molar-refractivity contribution >= 4 is 0 Å². The third-order valence-electron chi connectivity index (χ3n) is 7.09. The Balaban J connectivity index is 1.42. The van der Waals surface area contributed by atoms with Crippen LogP contribution in [0, 0.1) is 17.3 Å². The van der Waals surface area contributed by atoms with Crippen molar-refractivity contribution in [3.8, 4) is 0 Å². The number of nitrogens with one attached hydrogen (secondary N) is 1. The first-order valence-electron chi connectivity index (χ1n) is 9.19. The maximum atomic E-state index is 6.09. The molecule has 4 fully saturated rings. The summed E-state index contributed by atoms with van der Waals surface area (Å²) in [4.78, 5) is 0. The first-order valence-corrected chi connectivity index (χ1v) is 9.19. The molecule has 2 bridgehead atoms. The van der Waals surface area contributed by atoms with Crippen molar-refractivity contribution in [2.45, 2.75) is 89.3 Å². The second kappa shape index (κ2) is 5.28. The van der Waals surface area contributed by atoms with Crippen molar-refractivity contribution in [1.29, 1.82) is 0 Å². The Bertz CT molecular complexity index is 349. The Kier molecular flexibility index (Phi) is 3.58. The van der Waals surface area contributed by atoms with E-state index in [1.54, 1.807) is 0 Å². The summed E-state index contributed by atoms with van der Waals surface area (Å²) in [6.07, 6.45) is 15.0. The summed E-state index contributed by atoms with van der Waals surface area (Å²) in [5.74, 6) is 2.06. The first kappa shape index (κ1) is 13.6. The average molecular weight is 277 g/mol. The second-order valence-corrected chi connectivity index (χ2v) is 7.97. The Morgan fingerprint density at radius 1 is 1.05 bits per heavy atom. The molecule has 2 heteroatoms. The fourth-order valence-corrected chi connectivity index (χ4v) is 6.00. The zero-order valence-electron chi connectivity index (χ0n) is 13.1. The first-order chi connectivity index (χ1) is 9.82. The number of hydrogen-bond donors (Lipinski definition) is 1. The molecule has 2 nitrogen and oxygen atoms in total. The van der Waals surface area contributed by atoms with Crippen LogP contribution in [0.5, 0.6) is 0 Å². The van der Waals surface area contributed by atoms with Crippen molar-refractivity contribution < 1.29 is 4.74 Å². The molecule has 1 N–H and O–H groups in total. The van der Waals surface area contributed by atoms with Gasteiger partial charge >= 0.3 is 0 Å². The minimum Gasteiger partial charge on any atom is -0.378 e. The fourth-order valence-electron chi connectivity index (χ4n) is 6.00. The molecule has 4 aliphatic rings. The van der Waals surface area contributed by atoms with E-state index in [0.29, 0.717) is 11.5 Å². The van der Waals surface area contributed by atoms with Gasteiger partial charge in [-0.25, -0.2) is 0 Å². The van der Waals surface area contributed by atoms with Crippen LogP contribution in [-0.4, -0.2) is 24.8 Å². The molecule has 4 rings (SSSR count). The summed E-state index contributed by atoms with van der Waals surface area (Å²) in [5, 5.41) is 4.12. The van der Waals surface area contributed by atoms with Crippen LogP contribution in [0.4, 0.5) is 0 Å². The number of ether oxygens (including phenoxy) is 1. The smallest absolute Gasteiger partial charge is 0.0661 e. The lowest BCUT2D eigenvalue weighted by Crippen LogP contribution is -2.66. The quantitative estimate of drug-likeness (QED) is 0.841. The molecule has 0 amide bonds. The van der Waals surface area contributed by atoms with E-state index in [-0.39, 0.29) is 0 Å². The van der Waals surface area contributed by atoms with Gasteiger partial charge in [0.1, 0.15) is 0 Å². The highest BCUT2D eigenvalue weighted by Gasteiger charge is 2.56. The molecule has 0 heterocycles. The molecule has 0 aromatic rings. The van der Waals surface area contributed by atoms with Gasteiger partial charge in [-0.05, 0) is 57.3 Å². The van der Waals surface area contributed by atoms with Gasteiger partial charge in [-0.1, -0.05) is 25.7 Å². The fraction of sp³-hybridized carbons (Fsp3) is 1.00. The van der Waals surface area contributed by atoms with Gasteiger partial charge in [-0.15, -0.1) is 0 Å². The summed E-state index contributed by atoms with van der Waals surface area (Å²) in [7, 11) is 0. The van der Waals surface area contributed by atoms with Crippen molar-refractivity contribution in [3.05, 3.63) is 0 Å². The predicted molar refractivity (Wildman–Crippen MR) is 81.7 cm³/mol. The second-order valence-electron chi connectivity index (χ2n) is 7.97. The molecule has 4 saturated carbocycles. The van der Waals surface area contributed by atoms with E-state index in [1.165, 1.54) is 64.2 Å². The lowest BCUT2D eigenvalue weighted by Gasteiger charge is -2.59. The van der Waals surface area contributed by atoms with E-state index in [9.17, 15) is 0 Å². The van der Waals surface area contributed by atoms with Crippen LogP contribution in [0.15, 0.2) is 0 Å². The van der Waals surface area contributed by atoms with Crippen LogP contribution < -0.4 is 5.32 Å². The molecular formula is C18H31NO. The van der Waals surface area contributed by atoms with E-state index in [0.717, 1.165) is 30.5 Å². The van der Waals surface area contributed by atoms with Crippen LogP contribution in [0.3, 0.4) is 0 Å². The molecule has 5 atom stereocenters. The van der Waals surface area contributed by atoms with Crippen LogP contribution in [0.2, 0.25) is 0 Å². The van der Waals surface area contributed by atoms with Gasteiger partial charge in [0.05, 0.1) is 6.10 Å². The molecule has 0 aliphatic heterocycles. The van der Waals surface area contributed by atoms with Crippen LogP contribution in [0.1, 0.15) is 71.1 Å². The Morgan fingerprint density at radius 2 is 1.90 bits per heavy atom. The zero-order valence-corrected chi connectivity index (χ0v) is 13.1. The normalized spacial score (nSPS) is 45.8. The summed E-state index contributed by atoms with van der Waals surface area (Å²) in [6, 6.07) is 1.61. The van der Waals surface area contributed by atoms with E-state index >= 15 is 0 Å². The average Bonchev–Trinajstić information content (AvgIpc) is 3.10. The van der Waals surface area contributed by atoms with Gasteiger partial charge in [-0.2, -0.15) is 0 Å². The Labute approximate surface area is 124 Å². The van der Waals surface area contributed by atoms with Crippen molar-refractivity contribution in [1.82, 2.24) is 5.32 Å². The van der Waals surface area contributed by atoms with Crippen LogP contribution in [-0.2, 0) is 4.74 Å². The highest BCUT2D eigenvalue weighted by molar-refractivity contribution is 5.11. The van der Waals surface area contributed by atoms with E-state index in [4.69, 9.17) is 4.74 Å². The summed E-state index contributed by atoms with van der Waals surface area (Å²) >= 11 is 0. The molecule has 1 spiro atoms. The van der Waals surface area contributed by atoms with Gasteiger partial charge in [-0.3, -0.25) is 0 Å². The highest BCUT2D eigenvalue weighted by Crippen LogP contribution is 2.54. The Hall–Kier alpha value is -0.0800. The van der Waals surface area contributed by atoms with E-state index < -0.39 is 0 Å². The van der Waals surface area contributed by atoms with E-state index in [2.05, 4.69) is 12.2 Å². The molecule has 0 radical (unpaired) electrons. The van der Waals surface area contributed by atoms with Gasteiger partial charge in [0.15, 0.2) is 0 Å². The summed E-state index contributed by atoms with van der Waals surface area (Å²) in [6.45, 7) is 3.06. The molecule has 4 aliphatic carbocycles. The summed E-state index contributed by atoms with van der Waals surface area (Å²) < 4.78 is 6.09. The lowest BCUT2D eigenvalue weighted by atomic mass is 9.55. The van der Waals surface area contributed by atoms with Gasteiger partial charge in [0.2, 0.25) is 0 Å². The number of fused-ring (bicyclic) bond motifs is 2. The molecule has 0 aromatic heterocycles. The highest BCUT2D eigenvalue weighted by atomic mass is 16.5. The minimum absolute atomic E-state index is 0.510. The number of rotatable bonds is 4. The zero-order chi connectivity index (χ0) is 13.6. The molecule has 114 valence electrons. The van der Waals surface area contributed by atoms with Crippen molar-refractivity contribution in [2.75, 3.05) is 6.61 Å². The van der Waals surface area contributed by atoms with Crippen LogP contribution in [0.25, 0.3) is 0 Å². The monoisotopic (exact) mass is 277 g/mol. The van der Waals surface area contributed by atoms with Gasteiger partial charge in [0.25, 0.3) is 0 Å². The maximum absolute atomic E-state index is 6.09.